The van der Waals surface area contributed by atoms with E-state index in [0.717, 1.165) is 25.7 Å². The Morgan fingerprint density at radius 1 is 1.28 bits per heavy atom. The Morgan fingerprint density at radius 2 is 2.00 bits per heavy atom. The summed E-state index contributed by atoms with van der Waals surface area (Å²) in [6.07, 6.45) is 6.57. The van der Waals surface area contributed by atoms with Crippen molar-refractivity contribution in [3.05, 3.63) is 10.5 Å². The Labute approximate surface area is 106 Å². The number of Topliss-reactive ketones (excluding diaryl/α,β-unsaturated/α-hetero) is 1. The van der Waals surface area contributed by atoms with Crippen LogP contribution in [0.3, 0.4) is 0 Å². The Hall–Kier alpha value is -1.46. The van der Waals surface area contributed by atoms with Gasteiger partial charge in [0.15, 0.2) is 0 Å². The molecule has 0 aromatic carbocycles. The van der Waals surface area contributed by atoms with Crippen LogP contribution in [0.2, 0.25) is 0 Å². The first kappa shape index (κ1) is 13.0. The van der Waals surface area contributed by atoms with Gasteiger partial charge in [-0.1, -0.05) is 12.8 Å². The minimum Gasteiger partial charge on any atom is -0.300 e. The van der Waals surface area contributed by atoms with E-state index in [1.165, 1.54) is 22.2 Å². The molecule has 0 saturated heterocycles. The molecule has 1 aromatic rings. The second-order valence-electron chi connectivity index (χ2n) is 5.03. The van der Waals surface area contributed by atoms with Crippen molar-refractivity contribution in [2.24, 2.45) is 0 Å². The lowest BCUT2D eigenvalue weighted by Crippen LogP contribution is -2.27. The monoisotopic (exact) mass is 252 g/mol. The second kappa shape index (κ2) is 5.93. The average molecular weight is 252 g/mol. The predicted molar refractivity (Wildman–Crippen MR) is 66.3 cm³/mol. The van der Waals surface area contributed by atoms with E-state index >= 15 is 0 Å². The number of carbonyl (C=O) groups is 1. The first-order chi connectivity index (χ1) is 8.68. The van der Waals surface area contributed by atoms with E-state index in [1.54, 1.807) is 6.92 Å². The van der Waals surface area contributed by atoms with Crippen LogP contribution in [0, 0.1) is 0 Å². The predicted octanol–water partition coefficient (Wildman–Crippen LogP) is 1.31. The third kappa shape index (κ3) is 3.05. The molecular weight excluding hydrogens is 232 g/mol. The van der Waals surface area contributed by atoms with Crippen LogP contribution in [0.5, 0.6) is 0 Å². The number of hydrogen-bond donors (Lipinski definition) is 0. The van der Waals surface area contributed by atoms with Crippen molar-refractivity contribution in [1.82, 2.24) is 19.8 Å². The van der Waals surface area contributed by atoms with Gasteiger partial charge < -0.3 is 4.79 Å². The number of unbranched alkanes of at least 4 members (excludes halogenated alkanes) is 1. The van der Waals surface area contributed by atoms with Gasteiger partial charge in [0.25, 0.3) is 0 Å². The molecule has 1 aliphatic carbocycles. The lowest BCUT2D eigenvalue weighted by molar-refractivity contribution is -0.117. The van der Waals surface area contributed by atoms with Gasteiger partial charge in [-0.05, 0) is 43.0 Å². The zero-order chi connectivity index (χ0) is 13.0. The molecule has 0 spiro atoms. The molecule has 1 aliphatic rings. The second-order valence-corrected chi connectivity index (χ2v) is 5.03. The van der Waals surface area contributed by atoms with Crippen molar-refractivity contribution in [1.29, 1.82) is 0 Å². The van der Waals surface area contributed by atoms with Gasteiger partial charge in [-0.3, -0.25) is 0 Å². The molecule has 1 saturated carbocycles. The molecule has 1 aromatic heterocycles. The standard InChI is InChI=1S/C12H20N4O2/c1-10(17)6-4-5-9-15-12(18)16(14-13-15)11-7-2-3-8-11/h11H,2-9H2,1H3. The molecule has 0 N–H and O–H groups in total. The molecule has 18 heavy (non-hydrogen) atoms. The molecule has 1 fully saturated rings. The zero-order valence-corrected chi connectivity index (χ0v) is 10.8. The number of tetrazole rings is 1. The molecule has 100 valence electrons. The average Bonchev–Trinajstić information content (AvgIpc) is 2.94. The first-order valence-corrected chi connectivity index (χ1v) is 6.70. The highest BCUT2D eigenvalue weighted by Crippen LogP contribution is 2.27. The lowest BCUT2D eigenvalue weighted by atomic mass is 10.2. The van der Waals surface area contributed by atoms with Gasteiger partial charge in [0, 0.05) is 13.0 Å². The molecule has 0 unspecified atom stereocenters. The van der Waals surface area contributed by atoms with E-state index < -0.39 is 0 Å². The highest BCUT2D eigenvalue weighted by Gasteiger charge is 2.21. The van der Waals surface area contributed by atoms with Crippen molar-refractivity contribution >= 4 is 5.78 Å². The summed E-state index contributed by atoms with van der Waals surface area (Å²) < 4.78 is 2.94. The largest absolute Gasteiger partial charge is 0.363 e. The first-order valence-electron chi connectivity index (χ1n) is 6.70. The Morgan fingerprint density at radius 3 is 2.67 bits per heavy atom. The van der Waals surface area contributed by atoms with E-state index in [2.05, 4.69) is 10.4 Å². The third-order valence-electron chi connectivity index (χ3n) is 3.48. The number of aromatic nitrogens is 4. The van der Waals surface area contributed by atoms with Crippen molar-refractivity contribution in [3.63, 3.8) is 0 Å². The number of carbonyl (C=O) groups excluding carboxylic acids is 1. The molecule has 6 nitrogen and oxygen atoms in total. The fraction of sp³-hybridized carbons (Fsp3) is 0.833. The van der Waals surface area contributed by atoms with Crippen LogP contribution >= 0.6 is 0 Å². The number of rotatable bonds is 6. The van der Waals surface area contributed by atoms with Gasteiger partial charge in [-0.2, -0.15) is 9.36 Å². The summed E-state index contributed by atoms with van der Waals surface area (Å²) in [5.41, 5.74) is -0.107. The number of nitrogens with zero attached hydrogens (tertiary/aromatic N) is 4. The summed E-state index contributed by atoms with van der Waals surface area (Å²) >= 11 is 0. The molecule has 0 radical (unpaired) electrons. The summed E-state index contributed by atoms with van der Waals surface area (Å²) in [5.74, 6) is 0.192. The fourth-order valence-corrected chi connectivity index (χ4v) is 2.44. The minimum atomic E-state index is -0.107. The van der Waals surface area contributed by atoms with E-state index in [4.69, 9.17) is 0 Å². The Kier molecular flexibility index (Phi) is 4.28. The summed E-state index contributed by atoms with van der Waals surface area (Å²) in [4.78, 5) is 22.8. The summed E-state index contributed by atoms with van der Waals surface area (Å²) in [6, 6.07) is 0.239. The van der Waals surface area contributed by atoms with Gasteiger partial charge in [-0.15, -0.1) is 0 Å². The number of aryl methyl sites for hydroxylation is 1. The fourth-order valence-electron chi connectivity index (χ4n) is 2.44. The van der Waals surface area contributed by atoms with Gasteiger partial charge in [0.1, 0.15) is 5.78 Å². The topological polar surface area (TPSA) is 69.8 Å². The SMILES string of the molecule is CC(=O)CCCCn1nnn(C2CCCC2)c1=O. The molecule has 0 atom stereocenters. The van der Waals surface area contributed by atoms with Gasteiger partial charge in [0.2, 0.25) is 0 Å². The third-order valence-corrected chi connectivity index (χ3v) is 3.48. The van der Waals surface area contributed by atoms with E-state index in [-0.39, 0.29) is 17.5 Å². The molecular formula is C12H20N4O2. The Balaban J connectivity index is 1.89. The molecule has 1 heterocycles. The van der Waals surface area contributed by atoms with Crippen LogP contribution in [0.15, 0.2) is 4.79 Å². The minimum absolute atomic E-state index is 0.107. The number of hydrogen-bond acceptors (Lipinski definition) is 4. The summed E-state index contributed by atoms with van der Waals surface area (Å²) in [5, 5.41) is 7.87. The van der Waals surface area contributed by atoms with Crippen LogP contribution in [0.4, 0.5) is 0 Å². The number of ketones is 1. The highest BCUT2D eigenvalue weighted by atomic mass is 16.2. The normalized spacial score (nSPS) is 16.3. The zero-order valence-electron chi connectivity index (χ0n) is 10.8. The smallest absolute Gasteiger partial charge is 0.300 e. The molecule has 0 bridgehead atoms. The van der Waals surface area contributed by atoms with E-state index in [1.807, 2.05) is 0 Å². The maximum Gasteiger partial charge on any atom is 0.363 e. The van der Waals surface area contributed by atoms with Crippen molar-refractivity contribution in [2.75, 3.05) is 0 Å². The summed E-state index contributed by atoms with van der Waals surface area (Å²) in [7, 11) is 0. The van der Waals surface area contributed by atoms with Crippen LogP contribution in [0.25, 0.3) is 0 Å². The van der Waals surface area contributed by atoms with E-state index in [0.29, 0.717) is 13.0 Å². The maximum absolute atomic E-state index is 12.0. The van der Waals surface area contributed by atoms with Crippen LogP contribution in [-0.4, -0.2) is 25.6 Å². The molecule has 0 aliphatic heterocycles. The Bertz CT molecular complexity index is 457. The van der Waals surface area contributed by atoms with Crippen molar-refractivity contribution in [3.8, 4) is 0 Å². The van der Waals surface area contributed by atoms with Crippen molar-refractivity contribution < 1.29 is 4.79 Å². The molecule has 0 amide bonds. The quantitative estimate of drug-likeness (QED) is 0.716. The van der Waals surface area contributed by atoms with Gasteiger partial charge >= 0.3 is 5.69 Å². The van der Waals surface area contributed by atoms with Gasteiger partial charge in [-0.25, -0.2) is 4.79 Å². The molecule has 6 heteroatoms. The highest BCUT2D eigenvalue weighted by molar-refractivity contribution is 5.75. The van der Waals surface area contributed by atoms with Crippen LogP contribution in [0.1, 0.15) is 57.9 Å². The van der Waals surface area contributed by atoms with Crippen molar-refractivity contribution in [2.45, 2.75) is 64.5 Å². The summed E-state index contributed by atoms with van der Waals surface area (Å²) in [6.45, 7) is 2.14. The van der Waals surface area contributed by atoms with Crippen LogP contribution < -0.4 is 5.69 Å². The maximum atomic E-state index is 12.0. The van der Waals surface area contributed by atoms with Crippen LogP contribution in [-0.2, 0) is 11.3 Å². The molecule has 2 rings (SSSR count). The lowest BCUT2D eigenvalue weighted by Gasteiger charge is -2.05. The van der Waals surface area contributed by atoms with E-state index in [9.17, 15) is 9.59 Å². The van der Waals surface area contributed by atoms with Gasteiger partial charge in [0.05, 0.1) is 6.04 Å².